The van der Waals surface area contributed by atoms with Gasteiger partial charge in [-0.1, -0.05) is 6.07 Å². The molecule has 0 aliphatic carbocycles. The van der Waals surface area contributed by atoms with E-state index in [4.69, 9.17) is 10.5 Å². The molecule has 1 aromatic carbocycles. The maximum Gasteiger partial charge on any atom is 0.223 e. The molecular weight excluding hydrogens is 228 g/mol. The summed E-state index contributed by atoms with van der Waals surface area (Å²) in [6, 6.07) is 3.96. The third-order valence-electron chi connectivity index (χ3n) is 2.60. The Balaban J connectivity index is 2.49. The Morgan fingerprint density at radius 3 is 2.61 bits per heavy atom. The minimum Gasteiger partial charge on any atom is -0.493 e. The number of carbonyl (C=O) groups excluding carboxylic acids is 1. The monoisotopic (exact) mass is 250 g/mol. The van der Waals surface area contributed by atoms with Gasteiger partial charge in [-0.05, 0) is 38.8 Å². The van der Waals surface area contributed by atoms with Crippen molar-refractivity contribution in [1.29, 1.82) is 0 Å². The number of ether oxygens (including phenoxy) is 1. The zero-order chi connectivity index (χ0) is 13.7. The van der Waals surface area contributed by atoms with Crippen LogP contribution in [0.25, 0.3) is 0 Å². The highest BCUT2D eigenvalue weighted by Gasteiger charge is 2.06. The van der Waals surface area contributed by atoms with Gasteiger partial charge in [0, 0.05) is 17.8 Å². The molecule has 4 nitrogen and oxygen atoms in total. The lowest BCUT2D eigenvalue weighted by molar-refractivity contribution is -0.122. The van der Waals surface area contributed by atoms with E-state index in [9.17, 15) is 4.79 Å². The van der Waals surface area contributed by atoms with E-state index in [2.05, 4.69) is 5.32 Å². The topological polar surface area (TPSA) is 64.3 Å². The molecule has 0 saturated carbocycles. The van der Waals surface area contributed by atoms with Crippen molar-refractivity contribution >= 4 is 11.6 Å². The Hall–Kier alpha value is -1.71. The van der Waals surface area contributed by atoms with Crippen LogP contribution in [0, 0.1) is 13.8 Å². The maximum atomic E-state index is 11.4. The molecule has 0 aliphatic heterocycles. The molecule has 3 N–H and O–H groups in total. The molecule has 0 aromatic heterocycles. The number of anilines is 1. The van der Waals surface area contributed by atoms with Crippen LogP contribution >= 0.6 is 0 Å². The second-order valence-corrected chi connectivity index (χ2v) is 4.79. The van der Waals surface area contributed by atoms with Gasteiger partial charge in [-0.25, -0.2) is 0 Å². The van der Waals surface area contributed by atoms with Crippen molar-refractivity contribution in [3.8, 4) is 5.75 Å². The summed E-state index contributed by atoms with van der Waals surface area (Å²) in [6.45, 7) is 8.16. The van der Waals surface area contributed by atoms with E-state index >= 15 is 0 Å². The van der Waals surface area contributed by atoms with E-state index in [0.29, 0.717) is 18.7 Å². The Kier molecular flexibility index (Phi) is 5.01. The van der Waals surface area contributed by atoms with Gasteiger partial charge in [-0.3, -0.25) is 4.79 Å². The number of nitrogen functional groups attached to an aromatic ring is 1. The molecular formula is C14H22N2O2. The van der Waals surface area contributed by atoms with E-state index in [1.54, 1.807) is 0 Å². The zero-order valence-corrected chi connectivity index (χ0v) is 11.5. The minimum atomic E-state index is 0.00253. The average molecular weight is 250 g/mol. The van der Waals surface area contributed by atoms with Gasteiger partial charge >= 0.3 is 0 Å². The third kappa shape index (κ3) is 4.28. The first-order chi connectivity index (χ1) is 8.40. The molecule has 0 bridgehead atoms. The van der Waals surface area contributed by atoms with E-state index in [1.807, 2.05) is 39.8 Å². The van der Waals surface area contributed by atoms with Crippen molar-refractivity contribution in [2.24, 2.45) is 0 Å². The lowest BCUT2D eigenvalue weighted by Gasteiger charge is -2.12. The van der Waals surface area contributed by atoms with E-state index < -0.39 is 0 Å². The number of amides is 1. The Bertz CT molecular complexity index is 428. The van der Waals surface area contributed by atoms with E-state index in [1.165, 1.54) is 0 Å². The molecule has 1 rings (SSSR count). The van der Waals surface area contributed by atoms with Crippen molar-refractivity contribution in [3.05, 3.63) is 23.3 Å². The van der Waals surface area contributed by atoms with Crippen LogP contribution in [0.2, 0.25) is 0 Å². The smallest absolute Gasteiger partial charge is 0.223 e. The first-order valence-corrected chi connectivity index (χ1v) is 6.19. The number of hydrogen-bond donors (Lipinski definition) is 2. The lowest BCUT2D eigenvalue weighted by atomic mass is 10.1. The SMILES string of the molecule is Cc1cc(C)c(OCCC(=O)NC(C)C)cc1N. The molecule has 1 amide bonds. The fraction of sp³-hybridized carbons (Fsp3) is 0.500. The van der Waals surface area contributed by atoms with Crippen molar-refractivity contribution in [2.45, 2.75) is 40.2 Å². The summed E-state index contributed by atoms with van der Waals surface area (Å²) < 4.78 is 5.58. The summed E-state index contributed by atoms with van der Waals surface area (Å²) in [6.07, 6.45) is 0.353. The fourth-order valence-corrected chi connectivity index (χ4v) is 1.65. The zero-order valence-electron chi connectivity index (χ0n) is 11.5. The molecule has 18 heavy (non-hydrogen) atoms. The largest absolute Gasteiger partial charge is 0.493 e. The number of hydrogen-bond acceptors (Lipinski definition) is 3. The summed E-state index contributed by atoms with van der Waals surface area (Å²) in [7, 11) is 0. The second kappa shape index (κ2) is 6.28. The van der Waals surface area contributed by atoms with Crippen molar-refractivity contribution in [2.75, 3.05) is 12.3 Å². The van der Waals surface area contributed by atoms with Gasteiger partial charge in [0.05, 0.1) is 13.0 Å². The summed E-state index contributed by atoms with van der Waals surface area (Å²) in [4.78, 5) is 11.4. The lowest BCUT2D eigenvalue weighted by Crippen LogP contribution is -2.31. The average Bonchev–Trinajstić information content (AvgIpc) is 2.24. The quantitative estimate of drug-likeness (QED) is 0.787. The number of rotatable bonds is 5. The van der Waals surface area contributed by atoms with Gasteiger partial charge in [0.1, 0.15) is 5.75 Å². The predicted molar refractivity (Wildman–Crippen MR) is 73.7 cm³/mol. The number of nitrogens with two attached hydrogens (primary N) is 1. The van der Waals surface area contributed by atoms with Crippen LogP contribution in [-0.2, 0) is 4.79 Å². The number of nitrogens with one attached hydrogen (secondary N) is 1. The summed E-state index contributed by atoms with van der Waals surface area (Å²) in [5.74, 6) is 0.748. The molecule has 100 valence electrons. The molecule has 4 heteroatoms. The number of benzene rings is 1. The molecule has 0 saturated heterocycles. The molecule has 0 aliphatic rings. The van der Waals surface area contributed by atoms with Crippen LogP contribution in [-0.4, -0.2) is 18.6 Å². The van der Waals surface area contributed by atoms with Gasteiger partial charge in [-0.15, -0.1) is 0 Å². The van der Waals surface area contributed by atoms with Crippen LogP contribution in [0.5, 0.6) is 5.75 Å². The van der Waals surface area contributed by atoms with Crippen molar-refractivity contribution in [3.63, 3.8) is 0 Å². The maximum absolute atomic E-state index is 11.4. The highest BCUT2D eigenvalue weighted by molar-refractivity contribution is 5.76. The van der Waals surface area contributed by atoms with Crippen LogP contribution in [0.3, 0.4) is 0 Å². The molecule has 1 aromatic rings. The van der Waals surface area contributed by atoms with Crippen LogP contribution in [0.1, 0.15) is 31.4 Å². The summed E-state index contributed by atoms with van der Waals surface area (Å²) in [5.41, 5.74) is 8.61. The van der Waals surface area contributed by atoms with Crippen molar-refractivity contribution in [1.82, 2.24) is 5.32 Å². The number of aryl methyl sites for hydroxylation is 2. The summed E-state index contributed by atoms with van der Waals surface area (Å²) >= 11 is 0. The van der Waals surface area contributed by atoms with Gasteiger partial charge in [0.2, 0.25) is 5.91 Å². The van der Waals surface area contributed by atoms with Crippen LogP contribution in [0.15, 0.2) is 12.1 Å². The first-order valence-electron chi connectivity index (χ1n) is 6.19. The number of carbonyl (C=O) groups is 1. The minimum absolute atomic E-state index is 0.00253. The van der Waals surface area contributed by atoms with E-state index in [-0.39, 0.29) is 11.9 Å². The Morgan fingerprint density at radius 1 is 1.33 bits per heavy atom. The Morgan fingerprint density at radius 2 is 2.00 bits per heavy atom. The van der Waals surface area contributed by atoms with E-state index in [0.717, 1.165) is 16.9 Å². The van der Waals surface area contributed by atoms with Gasteiger partial charge in [0.25, 0.3) is 0 Å². The highest BCUT2D eigenvalue weighted by Crippen LogP contribution is 2.24. The van der Waals surface area contributed by atoms with Crippen molar-refractivity contribution < 1.29 is 9.53 Å². The third-order valence-corrected chi connectivity index (χ3v) is 2.60. The molecule has 0 radical (unpaired) electrons. The predicted octanol–water partition coefficient (Wildman–Crippen LogP) is 2.18. The van der Waals surface area contributed by atoms with Gasteiger partial charge < -0.3 is 15.8 Å². The molecule has 0 fully saturated rings. The highest BCUT2D eigenvalue weighted by atomic mass is 16.5. The molecule has 0 heterocycles. The fourth-order valence-electron chi connectivity index (χ4n) is 1.65. The Labute approximate surface area is 109 Å². The second-order valence-electron chi connectivity index (χ2n) is 4.79. The first kappa shape index (κ1) is 14.4. The summed E-state index contributed by atoms with van der Waals surface area (Å²) in [5, 5.41) is 2.82. The van der Waals surface area contributed by atoms with Crippen LogP contribution < -0.4 is 15.8 Å². The molecule has 0 atom stereocenters. The van der Waals surface area contributed by atoms with Gasteiger partial charge in [-0.2, -0.15) is 0 Å². The molecule has 0 unspecified atom stereocenters. The standard InChI is InChI=1S/C14H22N2O2/c1-9(2)16-14(17)5-6-18-13-8-12(15)10(3)7-11(13)4/h7-9H,5-6,15H2,1-4H3,(H,16,17). The molecule has 0 spiro atoms. The normalized spacial score (nSPS) is 10.5. The van der Waals surface area contributed by atoms with Crippen LogP contribution in [0.4, 0.5) is 5.69 Å². The van der Waals surface area contributed by atoms with Gasteiger partial charge in [0.15, 0.2) is 0 Å².